The van der Waals surface area contributed by atoms with Crippen LogP contribution in [0.2, 0.25) is 0 Å². The van der Waals surface area contributed by atoms with Crippen LogP contribution in [0.1, 0.15) is 46.0 Å². The smallest absolute Gasteiger partial charge is 0.140 e. The highest BCUT2D eigenvalue weighted by atomic mass is 16.4. The summed E-state index contributed by atoms with van der Waals surface area (Å²) in [6, 6.07) is 1.01. The molecule has 1 aliphatic rings. The fraction of sp³-hybridized carbons (Fsp3) is 0.917. The van der Waals surface area contributed by atoms with Crippen LogP contribution in [0.15, 0.2) is 5.16 Å². The molecule has 0 radical (unpaired) electrons. The van der Waals surface area contributed by atoms with E-state index in [1.807, 2.05) is 0 Å². The van der Waals surface area contributed by atoms with Gasteiger partial charge in [0.25, 0.3) is 0 Å². The van der Waals surface area contributed by atoms with Gasteiger partial charge in [0, 0.05) is 18.5 Å². The summed E-state index contributed by atoms with van der Waals surface area (Å²) in [5, 5.41) is 11.6. The van der Waals surface area contributed by atoms with E-state index >= 15 is 0 Å². The van der Waals surface area contributed by atoms with Crippen LogP contribution in [0.25, 0.3) is 0 Å². The van der Waals surface area contributed by atoms with E-state index in [0.717, 1.165) is 5.92 Å². The summed E-state index contributed by atoms with van der Waals surface area (Å²) in [5.41, 5.74) is 5.54. The predicted molar refractivity (Wildman–Crippen MR) is 66.7 cm³/mol. The van der Waals surface area contributed by atoms with Crippen LogP contribution in [0.4, 0.5) is 0 Å². The number of hydrogen-bond donors (Lipinski definition) is 2. The minimum atomic E-state index is 0.323. The van der Waals surface area contributed by atoms with E-state index in [0.29, 0.717) is 24.3 Å². The summed E-state index contributed by atoms with van der Waals surface area (Å²) < 4.78 is 0. The van der Waals surface area contributed by atoms with Crippen LogP contribution < -0.4 is 5.73 Å². The lowest BCUT2D eigenvalue weighted by molar-refractivity contribution is 0.133. The van der Waals surface area contributed by atoms with Crippen molar-refractivity contribution in [3.8, 4) is 0 Å². The summed E-state index contributed by atoms with van der Waals surface area (Å²) in [6.07, 6.45) is 5.84. The molecule has 94 valence electrons. The average Bonchev–Trinajstić information content (AvgIpc) is 2.28. The Labute approximate surface area is 98.5 Å². The third-order valence-electron chi connectivity index (χ3n) is 3.89. The van der Waals surface area contributed by atoms with Crippen LogP contribution >= 0.6 is 0 Å². The second kappa shape index (κ2) is 6.09. The first kappa shape index (κ1) is 13.3. The molecule has 3 N–H and O–H groups in total. The van der Waals surface area contributed by atoms with Gasteiger partial charge in [-0.3, -0.25) is 0 Å². The van der Waals surface area contributed by atoms with Gasteiger partial charge >= 0.3 is 0 Å². The van der Waals surface area contributed by atoms with Crippen molar-refractivity contribution in [2.24, 2.45) is 16.8 Å². The quantitative estimate of drug-likeness (QED) is 0.334. The summed E-state index contributed by atoms with van der Waals surface area (Å²) in [7, 11) is 2.15. The molecule has 16 heavy (non-hydrogen) atoms. The molecule has 4 nitrogen and oxygen atoms in total. The van der Waals surface area contributed by atoms with Crippen LogP contribution in [0.5, 0.6) is 0 Å². The zero-order valence-electron chi connectivity index (χ0n) is 10.7. The second-order valence-electron chi connectivity index (χ2n) is 5.22. The molecule has 1 rings (SSSR count). The Morgan fingerprint density at radius 1 is 1.44 bits per heavy atom. The Morgan fingerprint density at radius 2 is 2.00 bits per heavy atom. The summed E-state index contributed by atoms with van der Waals surface area (Å²) in [4.78, 5) is 2.38. The van der Waals surface area contributed by atoms with Crippen molar-refractivity contribution >= 4 is 5.84 Å². The summed E-state index contributed by atoms with van der Waals surface area (Å²) in [6.45, 7) is 4.46. The van der Waals surface area contributed by atoms with Gasteiger partial charge in [0.05, 0.1) is 0 Å². The lowest BCUT2D eigenvalue weighted by atomic mass is 9.86. The Bertz CT molecular complexity index is 234. The SMILES string of the molecule is CC1CCC(N(C)C(C)C/C(N)=N/O)CC1. The molecule has 0 heterocycles. The zero-order valence-corrected chi connectivity index (χ0v) is 10.7. The predicted octanol–water partition coefficient (Wildman–Crippen LogP) is 2.02. The maximum Gasteiger partial charge on any atom is 0.140 e. The fourth-order valence-corrected chi connectivity index (χ4v) is 2.50. The van der Waals surface area contributed by atoms with Gasteiger partial charge in [0.1, 0.15) is 5.84 Å². The van der Waals surface area contributed by atoms with E-state index in [1.165, 1.54) is 25.7 Å². The van der Waals surface area contributed by atoms with Crippen molar-refractivity contribution in [1.29, 1.82) is 0 Å². The Kier molecular flexibility index (Phi) is 5.06. The average molecular weight is 227 g/mol. The molecule has 1 aliphatic carbocycles. The monoisotopic (exact) mass is 227 g/mol. The summed E-state index contributed by atoms with van der Waals surface area (Å²) in [5.74, 6) is 1.20. The first-order valence-corrected chi connectivity index (χ1v) is 6.23. The molecule has 1 fully saturated rings. The Hall–Kier alpha value is -0.770. The van der Waals surface area contributed by atoms with E-state index in [4.69, 9.17) is 10.9 Å². The Morgan fingerprint density at radius 3 is 2.50 bits per heavy atom. The van der Waals surface area contributed by atoms with Crippen LogP contribution in [-0.2, 0) is 0 Å². The fourth-order valence-electron chi connectivity index (χ4n) is 2.50. The molecule has 0 spiro atoms. The topological polar surface area (TPSA) is 61.8 Å². The van der Waals surface area contributed by atoms with Crippen molar-refractivity contribution in [3.05, 3.63) is 0 Å². The molecule has 0 aromatic carbocycles. The molecule has 1 unspecified atom stereocenters. The van der Waals surface area contributed by atoms with Gasteiger partial charge in [-0.05, 0) is 45.6 Å². The molecular weight excluding hydrogens is 202 g/mol. The molecule has 1 saturated carbocycles. The van der Waals surface area contributed by atoms with E-state index in [9.17, 15) is 0 Å². The van der Waals surface area contributed by atoms with E-state index in [-0.39, 0.29) is 0 Å². The van der Waals surface area contributed by atoms with Gasteiger partial charge in [0.15, 0.2) is 0 Å². The largest absolute Gasteiger partial charge is 0.409 e. The number of hydrogen-bond acceptors (Lipinski definition) is 3. The van der Waals surface area contributed by atoms with Crippen molar-refractivity contribution in [3.63, 3.8) is 0 Å². The molecular formula is C12H25N3O. The lowest BCUT2D eigenvalue weighted by Gasteiger charge is -2.37. The molecule has 0 saturated heterocycles. The molecule has 4 heteroatoms. The molecule has 0 aromatic rings. The molecule has 0 aromatic heterocycles. The standard InChI is InChI=1S/C12H25N3O/c1-9-4-6-11(7-5-9)15(3)10(2)8-12(13)14-16/h9-11,16H,4-8H2,1-3H3,(H2,13,14). The minimum Gasteiger partial charge on any atom is -0.409 e. The number of amidine groups is 1. The van der Waals surface area contributed by atoms with Gasteiger partial charge in [0.2, 0.25) is 0 Å². The van der Waals surface area contributed by atoms with Crippen LogP contribution in [-0.4, -0.2) is 35.1 Å². The lowest BCUT2D eigenvalue weighted by Crippen LogP contribution is -2.42. The third kappa shape index (κ3) is 3.67. The number of nitrogens with zero attached hydrogens (tertiary/aromatic N) is 2. The highest BCUT2D eigenvalue weighted by Crippen LogP contribution is 2.27. The zero-order chi connectivity index (χ0) is 12.1. The van der Waals surface area contributed by atoms with Gasteiger partial charge in [-0.25, -0.2) is 0 Å². The van der Waals surface area contributed by atoms with E-state index < -0.39 is 0 Å². The van der Waals surface area contributed by atoms with E-state index in [2.05, 4.69) is 31.0 Å². The van der Waals surface area contributed by atoms with Crippen LogP contribution in [0.3, 0.4) is 0 Å². The number of oxime groups is 1. The number of rotatable bonds is 4. The molecule has 1 atom stereocenters. The maximum absolute atomic E-state index is 8.55. The van der Waals surface area contributed by atoms with Gasteiger partial charge in [-0.2, -0.15) is 0 Å². The maximum atomic E-state index is 8.55. The van der Waals surface area contributed by atoms with Crippen molar-refractivity contribution in [2.45, 2.75) is 58.0 Å². The normalized spacial score (nSPS) is 29.4. The first-order valence-electron chi connectivity index (χ1n) is 6.23. The summed E-state index contributed by atoms with van der Waals surface area (Å²) >= 11 is 0. The minimum absolute atomic E-state index is 0.323. The van der Waals surface area contributed by atoms with Crippen molar-refractivity contribution < 1.29 is 5.21 Å². The second-order valence-corrected chi connectivity index (χ2v) is 5.22. The van der Waals surface area contributed by atoms with Crippen molar-refractivity contribution in [2.75, 3.05) is 7.05 Å². The number of nitrogens with two attached hydrogens (primary N) is 1. The molecule has 0 aliphatic heterocycles. The highest BCUT2D eigenvalue weighted by molar-refractivity contribution is 5.80. The molecule has 0 amide bonds. The Balaban J connectivity index is 2.41. The van der Waals surface area contributed by atoms with Crippen molar-refractivity contribution in [1.82, 2.24) is 4.90 Å². The van der Waals surface area contributed by atoms with Gasteiger partial charge in [-0.1, -0.05) is 12.1 Å². The molecule has 0 bridgehead atoms. The van der Waals surface area contributed by atoms with Crippen LogP contribution in [0, 0.1) is 5.92 Å². The van der Waals surface area contributed by atoms with E-state index in [1.54, 1.807) is 0 Å². The first-order chi connectivity index (χ1) is 7.54. The third-order valence-corrected chi connectivity index (χ3v) is 3.89. The highest BCUT2D eigenvalue weighted by Gasteiger charge is 2.24. The van der Waals surface area contributed by atoms with Gasteiger partial charge < -0.3 is 15.8 Å². The van der Waals surface area contributed by atoms with Gasteiger partial charge in [-0.15, -0.1) is 0 Å².